The summed E-state index contributed by atoms with van der Waals surface area (Å²) in [5.74, 6) is 0. The lowest BCUT2D eigenvalue weighted by Gasteiger charge is -2.13. The molecular weight excluding hydrogens is 310 g/mol. The Bertz CT molecular complexity index is 1020. The minimum atomic E-state index is -0.537. The molecule has 4 aromatic rings. The molecule has 0 aliphatic rings. The van der Waals surface area contributed by atoms with E-state index in [4.69, 9.17) is 0 Å². The smallest absolute Gasteiger partial charge is 0.136 e. The van der Waals surface area contributed by atoms with Gasteiger partial charge in [-0.15, -0.1) is 0 Å². The van der Waals surface area contributed by atoms with Crippen LogP contribution in [0.15, 0.2) is 67.0 Å². The summed E-state index contributed by atoms with van der Waals surface area (Å²) in [6.45, 7) is 3.23. The Hall–Kier alpha value is -2.69. The van der Waals surface area contributed by atoms with Crippen LogP contribution >= 0.6 is 0 Å². The Labute approximate surface area is 146 Å². The number of pyridine rings is 1. The van der Waals surface area contributed by atoms with Crippen molar-refractivity contribution in [3.8, 4) is 0 Å². The van der Waals surface area contributed by atoms with Crippen molar-refractivity contribution < 1.29 is 5.11 Å². The van der Waals surface area contributed by atoms with Crippen LogP contribution in [0.5, 0.6) is 0 Å². The zero-order valence-corrected chi connectivity index (χ0v) is 14.2. The quantitative estimate of drug-likeness (QED) is 0.587. The summed E-state index contributed by atoms with van der Waals surface area (Å²) >= 11 is 0. The van der Waals surface area contributed by atoms with Crippen molar-refractivity contribution >= 4 is 16.4 Å². The number of benzene rings is 2. The van der Waals surface area contributed by atoms with Gasteiger partial charge in [0.2, 0.25) is 0 Å². The molecule has 25 heavy (non-hydrogen) atoms. The van der Waals surface area contributed by atoms with Crippen LogP contribution in [-0.2, 0) is 6.54 Å². The second-order valence-electron chi connectivity index (χ2n) is 6.44. The molecule has 0 aliphatic heterocycles. The number of fused-ring (bicyclic) bond motifs is 2. The van der Waals surface area contributed by atoms with Gasteiger partial charge in [-0.1, -0.05) is 42.5 Å². The van der Waals surface area contributed by atoms with Crippen molar-refractivity contribution in [3.63, 3.8) is 0 Å². The van der Waals surface area contributed by atoms with Gasteiger partial charge in [0, 0.05) is 19.3 Å². The summed E-state index contributed by atoms with van der Waals surface area (Å²) in [5, 5.41) is 16.2. The van der Waals surface area contributed by atoms with Gasteiger partial charge >= 0.3 is 0 Å². The van der Waals surface area contributed by atoms with Crippen LogP contribution in [0, 0.1) is 6.92 Å². The average molecular weight is 331 g/mol. The first-order valence-electron chi connectivity index (χ1n) is 8.51. The van der Waals surface area contributed by atoms with E-state index in [0.29, 0.717) is 13.1 Å². The summed E-state index contributed by atoms with van der Waals surface area (Å²) < 4.78 is 2.09. The van der Waals surface area contributed by atoms with Crippen molar-refractivity contribution in [1.82, 2.24) is 14.7 Å². The Morgan fingerprint density at radius 2 is 1.92 bits per heavy atom. The van der Waals surface area contributed by atoms with Crippen LogP contribution < -0.4 is 5.32 Å². The lowest BCUT2D eigenvalue weighted by atomic mass is 10.0. The molecule has 0 aliphatic carbocycles. The molecule has 2 aromatic carbocycles. The van der Waals surface area contributed by atoms with Gasteiger partial charge in [-0.3, -0.25) is 0 Å². The highest BCUT2D eigenvalue weighted by molar-refractivity contribution is 5.83. The number of nitrogens with one attached hydrogen (secondary N) is 1. The van der Waals surface area contributed by atoms with E-state index in [9.17, 15) is 5.11 Å². The number of hydrogen-bond acceptors (Lipinski definition) is 3. The minimum absolute atomic E-state index is 0.497. The third kappa shape index (κ3) is 3.27. The van der Waals surface area contributed by atoms with Gasteiger partial charge in [0.05, 0.1) is 18.0 Å². The van der Waals surface area contributed by atoms with Gasteiger partial charge in [-0.05, 0) is 41.0 Å². The molecule has 0 radical (unpaired) electrons. The first kappa shape index (κ1) is 15.8. The zero-order valence-electron chi connectivity index (χ0n) is 14.2. The Morgan fingerprint density at radius 1 is 1.08 bits per heavy atom. The molecule has 1 unspecified atom stereocenters. The van der Waals surface area contributed by atoms with Crippen molar-refractivity contribution in [3.05, 3.63) is 83.8 Å². The van der Waals surface area contributed by atoms with Gasteiger partial charge < -0.3 is 14.8 Å². The Morgan fingerprint density at radius 3 is 2.80 bits per heavy atom. The highest BCUT2D eigenvalue weighted by Gasteiger charge is 2.09. The summed E-state index contributed by atoms with van der Waals surface area (Å²) in [6.07, 6.45) is 3.43. The summed E-state index contributed by atoms with van der Waals surface area (Å²) in [6, 6.07) is 18.4. The van der Waals surface area contributed by atoms with E-state index < -0.39 is 6.10 Å². The van der Waals surface area contributed by atoms with E-state index in [1.54, 1.807) is 0 Å². The van der Waals surface area contributed by atoms with Crippen LogP contribution in [0.3, 0.4) is 0 Å². The van der Waals surface area contributed by atoms with Gasteiger partial charge in [0.15, 0.2) is 0 Å². The fraction of sp³-hybridized carbons (Fsp3) is 0.190. The van der Waals surface area contributed by atoms with E-state index >= 15 is 0 Å². The molecule has 4 rings (SSSR count). The zero-order chi connectivity index (χ0) is 17.2. The first-order chi connectivity index (χ1) is 12.2. The second-order valence-corrected chi connectivity index (χ2v) is 6.44. The van der Waals surface area contributed by atoms with Crippen molar-refractivity contribution in [2.24, 2.45) is 0 Å². The molecule has 2 heterocycles. The molecule has 0 saturated carbocycles. The maximum atomic E-state index is 10.5. The predicted octanol–water partition coefficient (Wildman–Crippen LogP) is 3.62. The van der Waals surface area contributed by atoms with Crippen molar-refractivity contribution in [1.29, 1.82) is 0 Å². The maximum Gasteiger partial charge on any atom is 0.136 e. The summed E-state index contributed by atoms with van der Waals surface area (Å²) in [4.78, 5) is 4.41. The van der Waals surface area contributed by atoms with E-state index in [2.05, 4.69) is 58.2 Å². The molecule has 4 heteroatoms. The SMILES string of the molecule is Cc1ccc2ncc(CNCC(O)c3ccc4ccccc4c3)n2c1. The van der Waals surface area contributed by atoms with Gasteiger partial charge in [-0.25, -0.2) is 4.98 Å². The molecule has 126 valence electrons. The molecule has 0 fully saturated rings. The fourth-order valence-electron chi connectivity index (χ4n) is 3.14. The number of hydrogen-bond donors (Lipinski definition) is 2. The normalized spacial score (nSPS) is 12.7. The average Bonchev–Trinajstić information content (AvgIpc) is 3.03. The molecule has 4 nitrogen and oxygen atoms in total. The lowest BCUT2D eigenvalue weighted by Crippen LogP contribution is -2.21. The molecule has 2 aromatic heterocycles. The third-order valence-corrected chi connectivity index (χ3v) is 4.53. The number of aliphatic hydroxyl groups excluding tert-OH is 1. The number of aromatic nitrogens is 2. The number of aliphatic hydroxyl groups is 1. The number of imidazole rings is 1. The summed E-state index contributed by atoms with van der Waals surface area (Å²) in [7, 11) is 0. The van der Waals surface area contributed by atoms with E-state index in [1.165, 1.54) is 10.9 Å². The molecule has 0 spiro atoms. The van der Waals surface area contributed by atoms with Crippen molar-refractivity contribution in [2.75, 3.05) is 6.54 Å². The molecule has 0 saturated heterocycles. The highest BCUT2D eigenvalue weighted by Crippen LogP contribution is 2.20. The minimum Gasteiger partial charge on any atom is -0.387 e. The second kappa shape index (κ2) is 6.67. The molecule has 2 N–H and O–H groups in total. The Kier molecular flexibility index (Phi) is 4.22. The molecule has 0 amide bonds. The van der Waals surface area contributed by atoms with Crippen molar-refractivity contribution in [2.45, 2.75) is 19.6 Å². The van der Waals surface area contributed by atoms with Crippen LogP contribution in [0.25, 0.3) is 16.4 Å². The topological polar surface area (TPSA) is 49.6 Å². The Balaban J connectivity index is 1.44. The monoisotopic (exact) mass is 331 g/mol. The molecular formula is C21H21N3O. The highest BCUT2D eigenvalue weighted by atomic mass is 16.3. The number of nitrogens with zero attached hydrogens (tertiary/aromatic N) is 2. The third-order valence-electron chi connectivity index (χ3n) is 4.53. The van der Waals surface area contributed by atoms with Crippen LogP contribution in [0.4, 0.5) is 0 Å². The summed E-state index contributed by atoms with van der Waals surface area (Å²) in [5.41, 5.74) is 4.16. The largest absolute Gasteiger partial charge is 0.387 e. The van der Waals surface area contributed by atoms with Crippen LogP contribution in [0.2, 0.25) is 0 Å². The van der Waals surface area contributed by atoms with Gasteiger partial charge in [-0.2, -0.15) is 0 Å². The number of rotatable bonds is 5. The van der Waals surface area contributed by atoms with Gasteiger partial charge in [0.25, 0.3) is 0 Å². The van der Waals surface area contributed by atoms with E-state index in [0.717, 1.165) is 22.3 Å². The molecule has 0 bridgehead atoms. The standard InChI is InChI=1S/C21H21N3O/c1-15-6-9-21-23-12-19(24(21)14-15)11-22-13-20(25)18-8-7-16-4-2-3-5-17(16)10-18/h2-10,12,14,20,22,25H,11,13H2,1H3. The lowest BCUT2D eigenvalue weighted by molar-refractivity contribution is 0.174. The first-order valence-corrected chi connectivity index (χ1v) is 8.51. The van der Waals surface area contributed by atoms with E-state index in [-0.39, 0.29) is 0 Å². The van der Waals surface area contributed by atoms with E-state index in [1.807, 2.05) is 30.5 Å². The van der Waals surface area contributed by atoms with Gasteiger partial charge in [0.1, 0.15) is 5.65 Å². The van der Waals surface area contributed by atoms with Crippen LogP contribution in [-0.4, -0.2) is 21.0 Å². The predicted molar refractivity (Wildman–Crippen MR) is 101 cm³/mol. The van der Waals surface area contributed by atoms with Crippen LogP contribution in [0.1, 0.15) is 22.9 Å². The fourth-order valence-corrected chi connectivity index (χ4v) is 3.14. The maximum absolute atomic E-state index is 10.5. The number of aryl methyl sites for hydroxylation is 1. The molecule has 1 atom stereocenters.